The first-order chi connectivity index (χ1) is 21.0. The van der Waals surface area contributed by atoms with Crippen molar-refractivity contribution in [1.82, 2.24) is 14.9 Å². The van der Waals surface area contributed by atoms with E-state index in [1.165, 1.54) is 6.20 Å². The van der Waals surface area contributed by atoms with Gasteiger partial charge in [-0.3, -0.25) is 14.7 Å². The van der Waals surface area contributed by atoms with Crippen molar-refractivity contribution in [1.29, 1.82) is 0 Å². The number of amides is 1. The maximum absolute atomic E-state index is 13.1. The van der Waals surface area contributed by atoms with Crippen molar-refractivity contribution in [3.63, 3.8) is 0 Å². The van der Waals surface area contributed by atoms with Crippen LogP contribution >= 0.6 is 0 Å². The lowest BCUT2D eigenvalue weighted by atomic mass is 9.90. The average molecular weight is 583 g/mol. The van der Waals surface area contributed by atoms with Crippen LogP contribution in [0.15, 0.2) is 79.0 Å². The summed E-state index contributed by atoms with van der Waals surface area (Å²) in [6.07, 6.45) is 2.80. The summed E-state index contributed by atoms with van der Waals surface area (Å²) in [5.74, 6) is -0.262. The number of nitrogens with one attached hydrogen (secondary N) is 1. The molecular formula is C34H38N4O5. The van der Waals surface area contributed by atoms with E-state index in [9.17, 15) is 9.90 Å². The first-order valence-electron chi connectivity index (χ1n) is 14.9. The summed E-state index contributed by atoms with van der Waals surface area (Å²) in [7, 11) is 1.75. The summed E-state index contributed by atoms with van der Waals surface area (Å²) in [4.78, 5) is 24.4. The van der Waals surface area contributed by atoms with Crippen LogP contribution in [0.5, 0.6) is 0 Å². The minimum Gasteiger partial charge on any atom is -0.392 e. The second-order valence-electron chi connectivity index (χ2n) is 11.4. The van der Waals surface area contributed by atoms with Crippen molar-refractivity contribution in [3.8, 4) is 0 Å². The quantitative estimate of drug-likeness (QED) is 0.275. The van der Waals surface area contributed by atoms with Crippen LogP contribution in [-0.4, -0.2) is 64.8 Å². The maximum Gasteiger partial charge on any atom is 0.275 e. The number of aliphatic hydroxyl groups is 1. The number of likely N-dealkylation sites (tertiary alicyclic amines) is 1. The molecule has 2 N–H and O–H groups in total. The van der Waals surface area contributed by atoms with Crippen LogP contribution < -0.4 is 5.32 Å². The van der Waals surface area contributed by atoms with Gasteiger partial charge in [0.2, 0.25) is 0 Å². The number of aliphatic hydroxyl groups excluding tert-OH is 1. The summed E-state index contributed by atoms with van der Waals surface area (Å²) >= 11 is 0. The molecule has 0 spiro atoms. The second kappa shape index (κ2) is 13.3. The Bertz CT molecular complexity index is 1550. The molecule has 3 heterocycles. The van der Waals surface area contributed by atoms with Gasteiger partial charge in [-0.1, -0.05) is 55.5 Å². The number of hydrogen-bond acceptors (Lipinski definition) is 8. The van der Waals surface area contributed by atoms with Gasteiger partial charge in [-0.15, -0.1) is 0 Å². The Morgan fingerprint density at radius 2 is 1.86 bits per heavy atom. The topological polar surface area (TPSA) is 106 Å². The van der Waals surface area contributed by atoms with Crippen LogP contribution in [-0.2, 0) is 20.8 Å². The fourth-order valence-electron chi connectivity index (χ4n) is 6.10. The molecule has 9 nitrogen and oxygen atoms in total. The highest BCUT2D eigenvalue weighted by molar-refractivity contribution is 6.03. The number of carbonyl (C=O) groups excluding carboxylic acids is 1. The number of hydrogen-bond donors (Lipinski definition) is 2. The van der Waals surface area contributed by atoms with Gasteiger partial charge < -0.3 is 24.6 Å². The van der Waals surface area contributed by atoms with Crippen molar-refractivity contribution < 1.29 is 24.1 Å². The van der Waals surface area contributed by atoms with Crippen LogP contribution in [0, 0.1) is 5.92 Å². The number of ether oxygens (including phenoxy) is 3. The third kappa shape index (κ3) is 6.61. The Labute approximate surface area is 251 Å². The maximum atomic E-state index is 13.1. The SMILES string of the molecule is COC[C@@H]1CCCN1C[C@@H]1O[C@H](c2cccc(NC(=O)c3cnc4ccccc4n3)c2)O[C@H](c2ccc(CO)cc2)[C@@H]1C. The van der Waals surface area contributed by atoms with Crippen molar-refractivity contribution in [2.24, 2.45) is 5.92 Å². The summed E-state index contributed by atoms with van der Waals surface area (Å²) in [6, 6.07) is 23.3. The van der Waals surface area contributed by atoms with E-state index < -0.39 is 6.29 Å². The van der Waals surface area contributed by atoms with Crippen molar-refractivity contribution in [2.75, 3.05) is 32.1 Å². The van der Waals surface area contributed by atoms with E-state index in [1.54, 1.807) is 7.11 Å². The summed E-state index contributed by atoms with van der Waals surface area (Å²) in [5, 5.41) is 12.5. The predicted molar refractivity (Wildman–Crippen MR) is 163 cm³/mol. The third-order valence-electron chi connectivity index (χ3n) is 8.49. The first-order valence-corrected chi connectivity index (χ1v) is 14.9. The van der Waals surface area contributed by atoms with Gasteiger partial charge in [0, 0.05) is 36.9 Å². The number of fused-ring (bicyclic) bond motifs is 1. The van der Waals surface area contributed by atoms with Crippen LogP contribution in [0.2, 0.25) is 0 Å². The van der Waals surface area contributed by atoms with Crippen molar-refractivity contribution in [3.05, 3.63) is 101 Å². The van der Waals surface area contributed by atoms with Gasteiger partial charge >= 0.3 is 0 Å². The van der Waals surface area contributed by atoms with E-state index in [0.717, 1.165) is 48.1 Å². The molecule has 1 amide bonds. The molecule has 224 valence electrons. The molecule has 2 saturated heterocycles. The van der Waals surface area contributed by atoms with Crippen LogP contribution in [0.1, 0.15) is 59.3 Å². The van der Waals surface area contributed by atoms with Gasteiger partial charge in [0.25, 0.3) is 5.91 Å². The first kappa shape index (κ1) is 29.3. The van der Waals surface area contributed by atoms with E-state index >= 15 is 0 Å². The molecule has 6 rings (SSSR count). The molecule has 2 aliphatic rings. The molecule has 0 aliphatic carbocycles. The Hall–Kier alpha value is -3.73. The molecule has 4 aromatic rings. The zero-order chi connectivity index (χ0) is 29.8. The molecule has 0 bridgehead atoms. The number of aromatic nitrogens is 2. The molecule has 9 heteroatoms. The molecule has 0 saturated carbocycles. The molecule has 0 radical (unpaired) electrons. The number of anilines is 1. The molecule has 2 fully saturated rings. The standard InChI is InChI=1S/C34H38N4O5/c1-22-31(19-38-16-6-9-27(38)21-41-2)42-34(43-32(22)24-14-12-23(20-39)13-15-24)25-7-5-8-26(17-25)36-33(40)30-18-35-28-10-3-4-11-29(28)37-30/h3-5,7-8,10-15,17-18,22,27,31-32,34,39H,6,9,16,19-21H2,1-2H3,(H,36,40)/t22-,27+,31+,32+,34+/m1/s1. The van der Waals surface area contributed by atoms with Gasteiger partial charge in [-0.05, 0) is 54.8 Å². The number of benzene rings is 3. The Morgan fingerprint density at radius 1 is 1.05 bits per heavy atom. The zero-order valence-corrected chi connectivity index (χ0v) is 24.6. The molecule has 5 atom stereocenters. The second-order valence-corrected chi connectivity index (χ2v) is 11.4. The van der Waals surface area contributed by atoms with Crippen molar-refractivity contribution >= 4 is 22.6 Å². The van der Waals surface area contributed by atoms with Gasteiger partial charge in [-0.25, -0.2) is 4.98 Å². The Balaban J connectivity index is 1.24. The largest absolute Gasteiger partial charge is 0.392 e. The number of nitrogens with zero attached hydrogens (tertiary/aromatic N) is 3. The molecule has 1 aromatic heterocycles. The average Bonchev–Trinajstić information content (AvgIpc) is 3.48. The van der Waals surface area contributed by atoms with E-state index in [4.69, 9.17) is 14.2 Å². The summed E-state index contributed by atoms with van der Waals surface area (Å²) in [6.45, 7) is 4.66. The fourth-order valence-corrected chi connectivity index (χ4v) is 6.10. The monoisotopic (exact) mass is 582 g/mol. The van der Waals surface area contributed by atoms with E-state index in [2.05, 4.69) is 27.1 Å². The summed E-state index contributed by atoms with van der Waals surface area (Å²) in [5.41, 5.74) is 4.96. The normalized spacial score (nSPS) is 24.3. The van der Waals surface area contributed by atoms with Crippen LogP contribution in [0.25, 0.3) is 11.0 Å². The van der Waals surface area contributed by atoms with Gasteiger partial charge in [0.1, 0.15) is 5.69 Å². The minimum atomic E-state index is -0.635. The molecular weight excluding hydrogens is 544 g/mol. The Kier molecular flexibility index (Phi) is 9.06. The molecule has 43 heavy (non-hydrogen) atoms. The van der Waals surface area contributed by atoms with E-state index in [0.29, 0.717) is 23.9 Å². The molecule has 2 aliphatic heterocycles. The number of para-hydroxylation sites is 2. The lowest BCUT2D eigenvalue weighted by Gasteiger charge is -2.43. The molecule has 3 aromatic carbocycles. The Morgan fingerprint density at radius 3 is 2.65 bits per heavy atom. The van der Waals surface area contributed by atoms with E-state index in [-0.39, 0.29) is 36.3 Å². The van der Waals surface area contributed by atoms with Gasteiger partial charge in [0.15, 0.2) is 6.29 Å². The highest BCUT2D eigenvalue weighted by Crippen LogP contribution is 2.42. The van der Waals surface area contributed by atoms with Crippen LogP contribution in [0.4, 0.5) is 5.69 Å². The zero-order valence-electron chi connectivity index (χ0n) is 24.6. The van der Waals surface area contributed by atoms with E-state index in [1.807, 2.05) is 72.8 Å². The predicted octanol–water partition coefficient (Wildman–Crippen LogP) is 5.28. The number of rotatable bonds is 9. The highest BCUT2D eigenvalue weighted by Gasteiger charge is 2.40. The lowest BCUT2D eigenvalue weighted by molar-refractivity contribution is -0.276. The number of methoxy groups -OCH3 is 1. The van der Waals surface area contributed by atoms with Crippen LogP contribution in [0.3, 0.4) is 0 Å². The highest BCUT2D eigenvalue weighted by atomic mass is 16.7. The molecule has 0 unspecified atom stereocenters. The lowest BCUT2D eigenvalue weighted by Crippen LogP contribution is -2.46. The summed E-state index contributed by atoms with van der Waals surface area (Å²) < 4.78 is 18.8. The van der Waals surface area contributed by atoms with Gasteiger partial charge in [-0.2, -0.15) is 0 Å². The minimum absolute atomic E-state index is 0.00509. The smallest absolute Gasteiger partial charge is 0.275 e. The number of carbonyl (C=O) groups is 1. The fraction of sp³-hybridized carbons (Fsp3) is 0.382. The van der Waals surface area contributed by atoms with Gasteiger partial charge in [0.05, 0.1) is 42.7 Å². The third-order valence-corrected chi connectivity index (χ3v) is 8.49. The van der Waals surface area contributed by atoms with Crippen molar-refractivity contribution in [2.45, 2.75) is 50.9 Å².